The first-order chi connectivity index (χ1) is 11.6. The molecule has 1 N–H and O–H groups in total. The minimum atomic E-state index is -0.354. The van der Waals surface area contributed by atoms with Crippen LogP contribution in [0.4, 0.5) is 4.39 Å². The van der Waals surface area contributed by atoms with Crippen LogP contribution in [-0.4, -0.2) is 5.91 Å². The van der Waals surface area contributed by atoms with Crippen LogP contribution in [0.3, 0.4) is 0 Å². The van der Waals surface area contributed by atoms with Gasteiger partial charge in [0.05, 0.1) is 17.9 Å². The van der Waals surface area contributed by atoms with Crippen LogP contribution in [0.5, 0.6) is 0 Å². The monoisotopic (exact) mass is 325 g/mol. The van der Waals surface area contributed by atoms with E-state index in [4.69, 9.17) is 8.83 Å². The van der Waals surface area contributed by atoms with Crippen molar-refractivity contribution in [2.45, 2.75) is 13.0 Å². The highest BCUT2D eigenvalue weighted by Crippen LogP contribution is 2.25. The van der Waals surface area contributed by atoms with Crippen LogP contribution in [0, 0.1) is 5.82 Å². The molecular weight excluding hydrogens is 309 g/mol. The van der Waals surface area contributed by atoms with Gasteiger partial charge in [-0.05, 0) is 49.4 Å². The van der Waals surface area contributed by atoms with Gasteiger partial charge in [0.15, 0.2) is 0 Å². The lowest BCUT2D eigenvalue weighted by Crippen LogP contribution is -2.24. The summed E-state index contributed by atoms with van der Waals surface area (Å²) in [6.07, 6.45) is 4.46. The highest BCUT2D eigenvalue weighted by molar-refractivity contribution is 5.91. The molecule has 2 heterocycles. The van der Waals surface area contributed by atoms with Crippen LogP contribution < -0.4 is 5.32 Å². The van der Waals surface area contributed by atoms with E-state index in [0.717, 1.165) is 0 Å². The number of benzene rings is 1. The van der Waals surface area contributed by atoms with Gasteiger partial charge in [-0.2, -0.15) is 0 Å². The SMILES string of the molecule is C[C@H](NC(=O)/C=C/c1ccc(-c2ccccc2F)o1)c1ccco1. The average molecular weight is 325 g/mol. The summed E-state index contributed by atoms with van der Waals surface area (Å²) in [5.74, 6) is 0.929. The molecule has 1 amide bonds. The molecule has 0 bridgehead atoms. The normalized spacial score (nSPS) is 12.4. The molecule has 0 aliphatic rings. The molecule has 1 aromatic carbocycles. The van der Waals surface area contributed by atoms with E-state index in [1.807, 2.05) is 6.92 Å². The lowest BCUT2D eigenvalue weighted by Gasteiger charge is -2.08. The van der Waals surface area contributed by atoms with Crippen LogP contribution >= 0.6 is 0 Å². The Balaban J connectivity index is 1.65. The number of halogens is 1. The van der Waals surface area contributed by atoms with Gasteiger partial charge < -0.3 is 14.2 Å². The van der Waals surface area contributed by atoms with Crippen molar-refractivity contribution >= 4 is 12.0 Å². The molecule has 3 rings (SSSR count). The number of nitrogens with one attached hydrogen (secondary N) is 1. The Morgan fingerprint density at radius 1 is 1.17 bits per heavy atom. The third-order valence-electron chi connectivity index (χ3n) is 3.49. The van der Waals surface area contributed by atoms with Crippen molar-refractivity contribution in [1.29, 1.82) is 0 Å². The van der Waals surface area contributed by atoms with E-state index in [1.165, 1.54) is 18.2 Å². The molecule has 0 radical (unpaired) electrons. The largest absolute Gasteiger partial charge is 0.467 e. The maximum atomic E-state index is 13.7. The van der Waals surface area contributed by atoms with E-state index in [9.17, 15) is 9.18 Å². The molecule has 1 atom stereocenters. The summed E-state index contributed by atoms with van der Waals surface area (Å²) in [5.41, 5.74) is 0.382. The lowest BCUT2D eigenvalue weighted by molar-refractivity contribution is -0.117. The summed E-state index contributed by atoms with van der Waals surface area (Å²) < 4.78 is 24.5. The fraction of sp³-hybridized carbons (Fsp3) is 0.105. The molecule has 0 aliphatic carbocycles. The number of amides is 1. The maximum Gasteiger partial charge on any atom is 0.244 e. The summed E-state index contributed by atoms with van der Waals surface area (Å²) in [6, 6.07) is 13.0. The molecular formula is C19H16FNO3. The van der Waals surface area contributed by atoms with Gasteiger partial charge in [0.25, 0.3) is 0 Å². The Labute approximate surface area is 138 Å². The predicted molar refractivity (Wildman–Crippen MR) is 88.4 cm³/mol. The molecule has 5 heteroatoms. The Bertz CT molecular complexity index is 849. The van der Waals surface area contributed by atoms with Gasteiger partial charge in [-0.3, -0.25) is 4.79 Å². The second kappa shape index (κ2) is 7.00. The maximum absolute atomic E-state index is 13.7. The fourth-order valence-corrected chi connectivity index (χ4v) is 2.28. The molecule has 122 valence electrons. The molecule has 24 heavy (non-hydrogen) atoms. The van der Waals surface area contributed by atoms with Gasteiger partial charge in [0, 0.05) is 6.08 Å². The lowest BCUT2D eigenvalue weighted by atomic mass is 10.1. The van der Waals surface area contributed by atoms with Crippen molar-refractivity contribution in [3.05, 3.63) is 78.2 Å². The van der Waals surface area contributed by atoms with Crippen molar-refractivity contribution in [2.24, 2.45) is 0 Å². The Morgan fingerprint density at radius 3 is 2.75 bits per heavy atom. The Kier molecular flexibility index (Phi) is 4.61. The zero-order valence-electron chi connectivity index (χ0n) is 13.0. The minimum Gasteiger partial charge on any atom is -0.467 e. The van der Waals surface area contributed by atoms with Crippen molar-refractivity contribution in [3.8, 4) is 11.3 Å². The van der Waals surface area contributed by atoms with E-state index in [1.54, 1.807) is 48.7 Å². The van der Waals surface area contributed by atoms with Crippen molar-refractivity contribution in [1.82, 2.24) is 5.32 Å². The summed E-state index contributed by atoms with van der Waals surface area (Å²) in [7, 11) is 0. The smallest absolute Gasteiger partial charge is 0.244 e. The number of furan rings is 2. The minimum absolute atomic E-state index is 0.234. The van der Waals surface area contributed by atoms with E-state index >= 15 is 0 Å². The van der Waals surface area contributed by atoms with Gasteiger partial charge in [-0.1, -0.05) is 12.1 Å². The number of rotatable bonds is 5. The zero-order valence-corrected chi connectivity index (χ0v) is 13.0. The van der Waals surface area contributed by atoms with Gasteiger partial charge >= 0.3 is 0 Å². The molecule has 0 spiro atoms. The van der Waals surface area contributed by atoms with E-state index < -0.39 is 0 Å². The molecule has 0 unspecified atom stereocenters. The fourth-order valence-electron chi connectivity index (χ4n) is 2.28. The van der Waals surface area contributed by atoms with E-state index in [-0.39, 0.29) is 17.8 Å². The summed E-state index contributed by atoms with van der Waals surface area (Å²) in [6.45, 7) is 1.83. The van der Waals surface area contributed by atoms with Gasteiger partial charge in [0.1, 0.15) is 23.1 Å². The number of carbonyl (C=O) groups excluding carboxylic acids is 1. The second-order valence-corrected chi connectivity index (χ2v) is 5.26. The summed E-state index contributed by atoms with van der Waals surface area (Å²) >= 11 is 0. The molecule has 0 aliphatic heterocycles. The standard InChI is InChI=1S/C19H16FNO3/c1-13(17-7-4-12-23-17)21-19(22)11-9-14-8-10-18(24-14)15-5-2-3-6-16(15)20/h2-13H,1H3,(H,21,22)/b11-9+/t13-/m0/s1. The van der Waals surface area contributed by atoms with Gasteiger partial charge in [0.2, 0.25) is 5.91 Å². The van der Waals surface area contributed by atoms with E-state index in [2.05, 4.69) is 5.32 Å². The highest BCUT2D eigenvalue weighted by Gasteiger charge is 2.10. The molecule has 4 nitrogen and oxygen atoms in total. The van der Waals surface area contributed by atoms with Crippen LogP contribution in [0.25, 0.3) is 17.4 Å². The molecule has 3 aromatic rings. The van der Waals surface area contributed by atoms with E-state index in [0.29, 0.717) is 22.8 Å². The number of carbonyl (C=O) groups is 1. The zero-order chi connectivity index (χ0) is 16.9. The Hall–Kier alpha value is -3.08. The third-order valence-corrected chi connectivity index (χ3v) is 3.49. The molecule has 0 saturated carbocycles. The summed E-state index contributed by atoms with van der Waals surface area (Å²) in [5, 5.41) is 2.78. The van der Waals surface area contributed by atoms with Crippen LogP contribution in [0.2, 0.25) is 0 Å². The van der Waals surface area contributed by atoms with Crippen LogP contribution in [-0.2, 0) is 4.79 Å². The van der Waals surface area contributed by atoms with Crippen molar-refractivity contribution in [2.75, 3.05) is 0 Å². The first kappa shape index (κ1) is 15.8. The predicted octanol–water partition coefficient (Wildman–Crippen LogP) is 4.57. The first-order valence-corrected chi connectivity index (χ1v) is 7.50. The van der Waals surface area contributed by atoms with Crippen molar-refractivity contribution in [3.63, 3.8) is 0 Å². The molecule has 0 saturated heterocycles. The van der Waals surface area contributed by atoms with Crippen LogP contribution in [0.1, 0.15) is 24.5 Å². The highest BCUT2D eigenvalue weighted by atomic mass is 19.1. The molecule has 2 aromatic heterocycles. The number of hydrogen-bond acceptors (Lipinski definition) is 3. The van der Waals surface area contributed by atoms with Gasteiger partial charge in [-0.25, -0.2) is 4.39 Å². The molecule has 0 fully saturated rings. The first-order valence-electron chi connectivity index (χ1n) is 7.50. The topological polar surface area (TPSA) is 55.4 Å². The number of hydrogen-bond donors (Lipinski definition) is 1. The van der Waals surface area contributed by atoms with Crippen LogP contribution in [0.15, 0.2) is 69.7 Å². The third kappa shape index (κ3) is 3.63. The van der Waals surface area contributed by atoms with Gasteiger partial charge in [-0.15, -0.1) is 0 Å². The summed E-state index contributed by atoms with van der Waals surface area (Å²) in [4.78, 5) is 11.9. The second-order valence-electron chi connectivity index (χ2n) is 5.26. The van der Waals surface area contributed by atoms with Crippen molar-refractivity contribution < 1.29 is 18.0 Å². The average Bonchev–Trinajstić information content (AvgIpc) is 3.25. The quantitative estimate of drug-likeness (QED) is 0.699. The Morgan fingerprint density at radius 2 is 2.00 bits per heavy atom.